The van der Waals surface area contributed by atoms with Gasteiger partial charge < -0.3 is 16.0 Å². The van der Waals surface area contributed by atoms with E-state index in [0.29, 0.717) is 12.1 Å². The number of para-hydroxylation sites is 1. The highest BCUT2D eigenvalue weighted by atomic mass is 32.2. The summed E-state index contributed by atoms with van der Waals surface area (Å²) in [6, 6.07) is 8.29. The van der Waals surface area contributed by atoms with Crippen molar-refractivity contribution in [2.24, 2.45) is 18.5 Å². The van der Waals surface area contributed by atoms with E-state index in [-0.39, 0.29) is 23.2 Å². The smallest absolute Gasteiger partial charge is 0.265 e. The zero-order valence-corrected chi connectivity index (χ0v) is 13.5. The van der Waals surface area contributed by atoms with Crippen LogP contribution < -0.4 is 15.8 Å². The first kappa shape index (κ1) is 15.6. The zero-order chi connectivity index (χ0) is 16.8. The minimum atomic E-state index is -3.82. The Morgan fingerprint density at radius 2 is 2.00 bits per heavy atom. The average Bonchev–Trinajstić information content (AvgIpc) is 2.89. The largest absolute Gasteiger partial charge is 0.364 e. The van der Waals surface area contributed by atoms with E-state index in [1.807, 2.05) is 12.1 Å². The second kappa shape index (κ2) is 5.39. The van der Waals surface area contributed by atoms with Crippen molar-refractivity contribution in [1.29, 1.82) is 0 Å². The Balaban J connectivity index is 2.10. The quantitative estimate of drug-likeness (QED) is 0.835. The number of anilines is 1. The Morgan fingerprint density at radius 1 is 1.30 bits per heavy atom. The van der Waals surface area contributed by atoms with Crippen LogP contribution in [-0.4, -0.2) is 31.5 Å². The summed E-state index contributed by atoms with van der Waals surface area (Å²) in [7, 11) is -2.24. The van der Waals surface area contributed by atoms with Gasteiger partial charge in [-0.15, -0.1) is 0 Å². The molecule has 1 amide bonds. The highest BCUT2D eigenvalue weighted by molar-refractivity contribution is 7.92. The standard InChI is InChI=1S/C15H18N4O3S/c1-18-9-12(7-14(18)15(17)20)23(21,22)19-8-11(16)6-10-4-2-3-5-13(10)19/h2-5,7,9,11H,6,8,16H2,1H3,(H2,17,20). The Hall–Kier alpha value is -2.32. The maximum Gasteiger partial charge on any atom is 0.265 e. The molecule has 4 N–H and O–H groups in total. The Morgan fingerprint density at radius 3 is 2.65 bits per heavy atom. The minimum absolute atomic E-state index is 0.0257. The summed E-state index contributed by atoms with van der Waals surface area (Å²) in [4.78, 5) is 11.4. The predicted octanol–water partition coefficient (Wildman–Crippen LogP) is 0.203. The Bertz CT molecular complexity index is 873. The van der Waals surface area contributed by atoms with Crippen LogP contribution in [-0.2, 0) is 23.5 Å². The van der Waals surface area contributed by atoms with E-state index < -0.39 is 15.9 Å². The van der Waals surface area contributed by atoms with Gasteiger partial charge in [-0.1, -0.05) is 18.2 Å². The lowest BCUT2D eigenvalue weighted by atomic mass is 10.0. The van der Waals surface area contributed by atoms with Crippen LogP contribution in [0.4, 0.5) is 5.69 Å². The topological polar surface area (TPSA) is 111 Å². The summed E-state index contributed by atoms with van der Waals surface area (Å²) in [5.74, 6) is -0.676. The molecule has 7 nitrogen and oxygen atoms in total. The lowest BCUT2D eigenvalue weighted by Gasteiger charge is -2.33. The van der Waals surface area contributed by atoms with E-state index in [4.69, 9.17) is 11.5 Å². The molecule has 122 valence electrons. The second-order valence-corrected chi connectivity index (χ2v) is 7.53. The summed E-state index contributed by atoms with van der Waals surface area (Å²) < 4.78 is 28.7. The number of sulfonamides is 1. The first-order valence-electron chi connectivity index (χ1n) is 7.13. The lowest BCUT2D eigenvalue weighted by molar-refractivity contribution is 0.0992. The fraction of sp³-hybridized carbons (Fsp3) is 0.267. The number of aryl methyl sites for hydroxylation is 1. The molecular weight excluding hydrogens is 316 g/mol. The van der Waals surface area contributed by atoms with Crippen LogP contribution in [0.15, 0.2) is 41.4 Å². The van der Waals surface area contributed by atoms with Gasteiger partial charge in [0.05, 0.1) is 5.69 Å². The van der Waals surface area contributed by atoms with Gasteiger partial charge in [0.15, 0.2) is 0 Å². The van der Waals surface area contributed by atoms with Gasteiger partial charge in [0.25, 0.3) is 15.9 Å². The SMILES string of the molecule is Cn1cc(S(=O)(=O)N2CC(N)Cc3ccccc32)cc1C(N)=O. The van der Waals surface area contributed by atoms with E-state index in [1.54, 1.807) is 19.2 Å². The van der Waals surface area contributed by atoms with E-state index in [1.165, 1.54) is 21.1 Å². The van der Waals surface area contributed by atoms with Gasteiger partial charge in [-0.3, -0.25) is 9.10 Å². The first-order chi connectivity index (χ1) is 10.8. The molecule has 3 rings (SSSR count). The molecule has 1 aromatic heterocycles. The summed E-state index contributed by atoms with van der Waals surface area (Å²) >= 11 is 0. The molecule has 2 heterocycles. The summed E-state index contributed by atoms with van der Waals surface area (Å²) in [5.41, 5.74) is 12.9. The number of nitrogens with zero attached hydrogens (tertiary/aromatic N) is 2. The molecule has 23 heavy (non-hydrogen) atoms. The van der Waals surface area contributed by atoms with Gasteiger partial charge in [0.2, 0.25) is 0 Å². The number of carbonyl (C=O) groups excluding carboxylic acids is 1. The van der Waals surface area contributed by atoms with Gasteiger partial charge in [-0.25, -0.2) is 8.42 Å². The van der Waals surface area contributed by atoms with Crippen molar-refractivity contribution in [2.45, 2.75) is 17.4 Å². The maximum absolute atomic E-state index is 13.0. The molecule has 0 saturated heterocycles. The van der Waals surface area contributed by atoms with Gasteiger partial charge in [0, 0.05) is 25.8 Å². The number of amides is 1. The van der Waals surface area contributed by atoms with Crippen molar-refractivity contribution >= 4 is 21.6 Å². The van der Waals surface area contributed by atoms with Crippen LogP contribution in [0.1, 0.15) is 16.1 Å². The first-order valence-corrected chi connectivity index (χ1v) is 8.57. The number of fused-ring (bicyclic) bond motifs is 1. The highest BCUT2D eigenvalue weighted by Gasteiger charge is 2.33. The number of rotatable bonds is 3. The third-order valence-electron chi connectivity index (χ3n) is 3.96. The number of nitrogens with two attached hydrogens (primary N) is 2. The minimum Gasteiger partial charge on any atom is -0.364 e. The molecule has 0 spiro atoms. The predicted molar refractivity (Wildman–Crippen MR) is 86.6 cm³/mol. The molecule has 0 aliphatic carbocycles. The van der Waals surface area contributed by atoms with E-state index >= 15 is 0 Å². The number of carbonyl (C=O) groups is 1. The third-order valence-corrected chi connectivity index (χ3v) is 5.71. The normalized spacial score (nSPS) is 17.8. The molecule has 0 radical (unpaired) electrons. The average molecular weight is 334 g/mol. The van der Waals surface area contributed by atoms with Gasteiger partial charge in [0.1, 0.15) is 10.6 Å². The van der Waals surface area contributed by atoms with Crippen LogP contribution in [0.3, 0.4) is 0 Å². The summed E-state index contributed by atoms with van der Waals surface area (Å²) in [6.45, 7) is 0.195. The number of hydrogen-bond donors (Lipinski definition) is 2. The van der Waals surface area contributed by atoms with E-state index in [0.717, 1.165) is 5.56 Å². The molecule has 1 aromatic carbocycles. The molecule has 1 unspecified atom stereocenters. The number of hydrogen-bond acceptors (Lipinski definition) is 4. The second-order valence-electron chi connectivity index (χ2n) is 5.67. The van der Waals surface area contributed by atoms with Crippen LogP contribution in [0, 0.1) is 0 Å². The summed E-state index contributed by atoms with van der Waals surface area (Å²) in [6.07, 6.45) is 2.02. The van der Waals surface area contributed by atoms with Crippen molar-refractivity contribution in [3.05, 3.63) is 47.8 Å². The Kier molecular flexibility index (Phi) is 3.65. The van der Waals surface area contributed by atoms with E-state index in [9.17, 15) is 13.2 Å². The zero-order valence-electron chi connectivity index (χ0n) is 12.6. The van der Waals surface area contributed by atoms with Crippen molar-refractivity contribution in [3.8, 4) is 0 Å². The third kappa shape index (κ3) is 2.60. The van der Waals surface area contributed by atoms with Crippen LogP contribution in [0.5, 0.6) is 0 Å². The van der Waals surface area contributed by atoms with Gasteiger partial charge in [-0.05, 0) is 24.1 Å². The van der Waals surface area contributed by atoms with Crippen LogP contribution in [0.25, 0.3) is 0 Å². The monoisotopic (exact) mass is 334 g/mol. The Labute approximate surface area is 134 Å². The van der Waals surface area contributed by atoms with Crippen molar-refractivity contribution in [3.63, 3.8) is 0 Å². The van der Waals surface area contributed by atoms with Crippen LogP contribution >= 0.6 is 0 Å². The van der Waals surface area contributed by atoms with Crippen molar-refractivity contribution in [1.82, 2.24) is 4.57 Å². The lowest BCUT2D eigenvalue weighted by Crippen LogP contribution is -2.46. The molecule has 8 heteroatoms. The highest BCUT2D eigenvalue weighted by Crippen LogP contribution is 2.31. The molecule has 2 aromatic rings. The fourth-order valence-electron chi connectivity index (χ4n) is 2.86. The van der Waals surface area contributed by atoms with Gasteiger partial charge in [-0.2, -0.15) is 0 Å². The summed E-state index contributed by atoms with van der Waals surface area (Å²) in [5, 5.41) is 0. The molecule has 0 saturated carbocycles. The van der Waals surface area contributed by atoms with Crippen molar-refractivity contribution in [2.75, 3.05) is 10.8 Å². The van der Waals surface area contributed by atoms with Crippen molar-refractivity contribution < 1.29 is 13.2 Å². The molecule has 1 aliphatic heterocycles. The van der Waals surface area contributed by atoms with E-state index in [2.05, 4.69) is 0 Å². The molecule has 0 bridgehead atoms. The number of benzene rings is 1. The fourth-order valence-corrected chi connectivity index (χ4v) is 4.49. The molecule has 1 aliphatic rings. The number of primary amides is 1. The molecule has 1 atom stereocenters. The number of aromatic nitrogens is 1. The maximum atomic E-state index is 13.0. The molecular formula is C15H18N4O3S. The molecule has 0 fully saturated rings. The van der Waals surface area contributed by atoms with Crippen LogP contribution in [0.2, 0.25) is 0 Å². The van der Waals surface area contributed by atoms with Gasteiger partial charge >= 0.3 is 0 Å².